The van der Waals surface area contributed by atoms with Crippen LogP contribution in [0, 0.1) is 17.3 Å². The van der Waals surface area contributed by atoms with E-state index < -0.39 is 0 Å². The van der Waals surface area contributed by atoms with Crippen LogP contribution in [0.3, 0.4) is 0 Å². The van der Waals surface area contributed by atoms with Crippen LogP contribution < -0.4 is 9.47 Å². The number of hydrogen-bond acceptors (Lipinski definition) is 5. The van der Waals surface area contributed by atoms with Crippen LogP contribution in [0.1, 0.15) is 55.2 Å². The summed E-state index contributed by atoms with van der Waals surface area (Å²) >= 11 is 0. The average Bonchev–Trinajstić information content (AvgIpc) is 3.75. The Labute approximate surface area is 243 Å². The third-order valence-corrected chi connectivity index (χ3v) is 12.4. The van der Waals surface area contributed by atoms with Gasteiger partial charge >= 0.3 is 0 Å². The van der Waals surface area contributed by atoms with Crippen molar-refractivity contribution in [3.8, 4) is 11.5 Å². The summed E-state index contributed by atoms with van der Waals surface area (Å²) in [6.07, 6.45) is 8.51. The lowest BCUT2D eigenvalue weighted by Crippen LogP contribution is -2.81. The molecule has 41 heavy (non-hydrogen) atoms. The van der Waals surface area contributed by atoms with Gasteiger partial charge in [0.25, 0.3) is 0 Å². The predicted octanol–water partition coefficient (Wildman–Crippen LogP) is 6.29. The number of ether oxygens (including phenoxy) is 4. The lowest BCUT2D eigenvalue weighted by atomic mass is 9.35. The van der Waals surface area contributed by atoms with Crippen molar-refractivity contribution in [3.05, 3.63) is 71.3 Å². The maximum absolute atomic E-state index is 7.17. The fourth-order valence-electron chi connectivity index (χ4n) is 10.5. The van der Waals surface area contributed by atoms with Crippen molar-refractivity contribution in [2.45, 2.75) is 74.7 Å². The van der Waals surface area contributed by atoms with E-state index in [0.29, 0.717) is 25.2 Å². The SMILES string of the molecule is COc1ccc2c3c1O[C@@H]1C34CCN(CC3CC3)[C@H](C2)C42CC[C@@]1(OC)[C@@H](COCc1ccc3ccccc3c1)C2. The van der Waals surface area contributed by atoms with E-state index in [2.05, 4.69) is 59.5 Å². The first-order chi connectivity index (χ1) is 20.1. The molecule has 4 bridgehead atoms. The summed E-state index contributed by atoms with van der Waals surface area (Å²) in [6.45, 7) is 3.76. The minimum absolute atomic E-state index is 0.00171. The lowest BCUT2D eigenvalue weighted by Gasteiger charge is -2.74. The second kappa shape index (κ2) is 8.72. The molecule has 0 N–H and O–H groups in total. The van der Waals surface area contributed by atoms with E-state index in [-0.39, 0.29) is 22.5 Å². The van der Waals surface area contributed by atoms with Crippen LogP contribution in [0.15, 0.2) is 54.6 Å². The highest BCUT2D eigenvalue weighted by molar-refractivity contribution is 5.82. The number of likely N-dealkylation sites (tertiary alicyclic amines) is 1. The Bertz CT molecular complexity index is 1530. The molecule has 0 radical (unpaired) electrons. The van der Waals surface area contributed by atoms with Crippen LogP contribution in [0.5, 0.6) is 11.5 Å². The smallest absolute Gasteiger partial charge is 0.165 e. The Morgan fingerprint density at radius 3 is 2.68 bits per heavy atom. The zero-order valence-electron chi connectivity index (χ0n) is 24.4. The number of piperidine rings is 1. The Morgan fingerprint density at radius 2 is 1.85 bits per heavy atom. The number of hydrogen-bond donors (Lipinski definition) is 0. The second-order valence-corrected chi connectivity index (χ2v) is 13.9. The summed E-state index contributed by atoms with van der Waals surface area (Å²) in [5, 5.41) is 2.54. The van der Waals surface area contributed by atoms with E-state index in [4.69, 9.17) is 18.9 Å². The molecule has 5 nitrogen and oxygen atoms in total. The van der Waals surface area contributed by atoms with Crippen molar-refractivity contribution in [3.63, 3.8) is 0 Å². The second-order valence-electron chi connectivity index (χ2n) is 13.9. The normalized spacial score (nSPS) is 36.3. The molecule has 0 aromatic heterocycles. The Hall–Kier alpha value is -2.60. The lowest BCUT2D eigenvalue weighted by molar-refractivity contribution is -0.283. The van der Waals surface area contributed by atoms with Gasteiger partial charge in [-0.05, 0) is 91.4 Å². The van der Waals surface area contributed by atoms with Gasteiger partial charge in [-0.25, -0.2) is 0 Å². The molecular formula is C36H41NO4. The zero-order valence-corrected chi connectivity index (χ0v) is 24.4. The van der Waals surface area contributed by atoms with Crippen molar-refractivity contribution >= 4 is 10.8 Å². The molecule has 5 aliphatic carbocycles. The number of fused-ring (bicyclic) bond motifs is 3. The Morgan fingerprint density at radius 1 is 0.976 bits per heavy atom. The van der Waals surface area contributed by atoms with Gasteiger partial charge in [0.05, 0.1) is 20.3 Å². The van der Waals surface area contributed by atoms with Crippen LogP contribution in [0.4, 0.5) is 0 Å². The number of rotatable bonds is 8. The Balaban J connectivity index is 1.09. The summed E-state index contributed by atoms with van der Waals surface area (Å²) in [7, 11) is 3.71. The van der Waals surface area contributed by atoms with Crippen molar-refractivity contribution in [2.75, 3.05) is 33.9 Å². The average molecular weight is 552 g/mol. The summed E-state index contributed by atoms with van der Waals surface area (Å²) in [5.74, 6) is 3.09. The molecule has 5 heteroatoms. The van der Waals surface area contributed by atoms with Crippen LogP contribution in [0.2, 0.25) is 0 Å². The molecule has 2 heterocycles. The summed E-state index contributed by atoms with van der Waals surface area (Å²) in [4.78, 5) is 2.91. The maximum Gasteiger partial charge on any atom is 0.165 e. The van der Waals surface area contributed by atoms with Crippen molar-refractivity contribution < 1.29 is 18.9 Å². The first-order valence-corrected chi connectivity index (χ1v) is 15.8. The van der Waals surface area contributed by atoms with E-state index in [9.17, 15) is 0 Å². The largest absolute Gasteiger partial charge is 0.493 e. The number of methoxy groups -OCH3 is 2. The van der Waals surface area contributed by atoms with Gasteiger partial charge in [0.2, 0.25) is 0 Å². The third-order valence-electron chi connectivity index (χ3n) is 12.4. The minimum Gasteiger partial charge on any atom is -0.493 e. The first kappa shape index (κ1) is 24.9. The Kier molecular flexibility index (Phi) is 5.30. The van der Waals surface area contributed by atoms with Gasteiger partial charge in [-0.15, -0.1) is 0 Å². The fraction of sp³-hybridized carbons (Fsp3) is 0.556. The third kappa shape index (κ3) is 3.18. The van der Waals surface area contributed by atoms with E-state index in [1.807, 2.05) is 7.11 Å². The molecule has 214 valence electrons. The topological polar surface area (TPSA) is 40.2 Å². The number of nitrogens with zero attached hydrogens (tertiary/aromatic N) is 1. The van der Waals surface area contributed by atoms with E-state index >= 15 is 0 Å². The molecule has 3 aromatic rings. The van der Waals surface area contributed by atoms with Gasteiger partial charge in [0, 0.05) is 42.0 Å². The molecule has 3 aromatic carbocycles. The fourth-order valence-corrected chi connectivity index (χ4v) is 10.5. The van der Waals surface area contributed by atoms with E-state index in [1.54, 1.807) is 7.11 Å². The maximum atomic E-state index is 7.17. The molecule has 1 saturated heterocycles. The van der Waals surface area contributed by atoms with E-state index in [1.165, 1.54) is 59.8 Å². The van der Waals surface area contributed by atoms with Gasteiger partial charge < -0.3 is 18.9 Å². The molecule has 2 aliphatic heterocycles. The molecule has 10 rings (SSSR count). The van der Waals surface area contributed by atoms with Crippen LogP contribution >= 0.6 is 0 Å². The quantitative estimate of drug-likeness (QED) is 0.329. The molecule has 4 saturated carbocycles. The molecule has 5 fully saturated rings. The monoisotopic (exact) mass is 551 g/mol. The summed E-state index contributed by atoms with van der Waals surface area (Å²) in [5.41, 5.74) is 4.02. The van der Waals surface area contributed by atoms with Crippen molar-refractivity contribution in [1.29, 1.82) is 0 Å². The zero-order chi connectivity index (χ0) is 27.4. The van der Waals surface area contributed by atoms with Gasteiger partial charge in [-0.3, -0.25) is 4.90 Å². The molecular weight excluding hydrogens is 510 g/mol. The highest BCUT2D eigenvalue weighted by atomic mass is 16.6. The van der Waals surface area contributed by atoms with Crippen LogP contribution in [-0.4, -0.2) is 56.6 Å². The number of benzene rings is 3. The predicted molar refractivity (Wildman–Crippen MR) is 159 cm³/mol. The van der Waals surface area contributed by atoms with Crippen LogP contribution in [0.25, 0.3) is 10.8 Å². The molecule has 7 aliphatic rings. The molecule has 2 spiro atoms. The highest BCUT2D eigenvalue weighted by Crippen LogP contribution is 2.76. The first-order valence-electron chi connectivity index (χ1n) is 15.8. The van der Waals surface area contributed by atoms with Gasteiger partial charge in [0.15, 0.2) is 11.5 Å². The molecule has 6 atom stereocenters. The molecule has 0 amide bonds. The standard InChI is InChI=1S/C36H41NO4/c1-38-29-12-11-27-18-30-34-13-14-36(39-2,28(19-34)22-40-21-24-9-10-25-5-3-4-6-26(25)17-24)33-35(34,31(27)32(29)41-33)15-16-37(30)20-23-7-8-23/h3-6,9-12,17,23,28,30,33H,7-8,13-16,18-22H2,1-2H3/t28-,30-,33-,34?,35?,36-/m1/s1. The summed E-state index contributed by atoms with van der Waals surface area (Å²) in [6, 6.07) is 20.3. The van der Waals surface area contributed by atoms with Crippen molar-refractivity contribution in [2.24, 2.45) is 17.3 Å². The van der Waals surface area contributed by atoms with Crippen molar-refractivity contribution in [1.82, 2.24) is 4.90 Å². The summed E-state index contributed by atoms with van der Waals surface area (Å²) < 4.78 is 26.4. The minimum atomic E-state index is -0.354. The van der Waals surface area contributed by atoms with E-state index in [0.717, 1.165) is 43.1 Å². The highest BCUT2D eigenvalue weighted by Gasteiger charge is 2.80. The van der Waals surface area contributed by atoms with Gasteiger partial charge in [0.1, 0.15) is 11.7 Å². The van der Waals surface area contributed by atoms with Crippen LogP contribution in [-0.2, 0) is 27.9 Å². The van der Waals surface area contributed by atoms with Gasteiger partial charge in [-0.2, -0.15) is 0 Å². The molecule has 2 unspecified atom stereocenters. The van der Waals surface area contributed by atoms with Gasteiger partial charge in [-0.1, -0.05) is 42.5 Å².